The molecule has 88 valence electrons. The van der Waals surface area contributed by atoms with Gasteiger partial charge in [-0.2, -0.15) is 4.99 Å². The van der Waals surface area contributed by atoms with E-state index >= 15 is 0 Å². The van der Waals surface area contributed by atoms with E-state index in [0.29, 0.717) is 17.1 Å². The molecule has 1 unspecified atom stereocenters. The molecule has 1 heterocycles. The molecule has 0 fully saturated rings. The fourth-order valence-corrected chi connectivity index (χ4v) is 1.99. The van der Waals surface area contributed by atoms with Crippen LogP contribution in [0.2, 0.25) is 0 Å². The van der Waals surface area contributed by atoms with Crippen LogP contribution < -0.4 is 5.73 Å². The molecule has 2 aliphatic rings. The van der Waals surface area contributed by atoms with Gasteiger partial charge in [0.05, 0.1) is 5.71 Å². The monoisotopic (exact) mass is 237 g/mol. The Kier molecular flexibility index (Phi) is 2.41. The van der Waals surface area contributed by atoms with E-state index in [9.17, 15) is 4.79 Å². The molecule has 2 N–H and O–H groups in total. The molecule has 0 saturated carbocycles. The van der Waals surface area contributed by atoms with Gasteiger partial charge in [0.1, 0.15) is 5.92 Å². The number of nitrogen functional groups attached to an aromatic ring is 1. The molecule has 0 saturated heterocycles. The van der Waals surface area contributed by atoms with Crippen molar-refractivity contribution >= 4 is 23.1 Å². The Bertz CT molecular complexity index is 638. The van der Waals surface area contributed by atoms with Gasteiger partial charge in [-0.25, -0.2) is 4.99 Å². The van der Waals surface area contributed by atoms with Crippen LogP contribution in [0, 0.1) is 5.92 Å². The zero-order valence-corrected chi connectivity index (χ0v) is 9.58. The molecule has 0 bridgehead atoms. The first kappa shape index (κ1) is 10.7. The maximum atomic E-state index is 11.9. The minimum atomic E-state index is -0.344. The molecule has 1 aliphatic heterocycles. The standard InChI is InChI=1S/C14H11N3O/c15-11-7-3-1-5-9(11)13-16-12-8-4-2-6-10(12)14(18)17-13/h1-8,10H,15H2. The minimum Gasteiger partial charge on any atom is -0.398 e. The molecule has 1 atom stereocenters. The zero-order chi connectivity index (χ0) is 12.5. The summed E-state index contributed by atoms with van der Waals surface area (Å²) in [7, 11) is 0. The van der Waals surface area contributed by atoms with Crippen molar-refractivity contribution in [3.05, 3.63) is 54.1 Å². The highest BCUT2D eigenvalue weighted by molar-refractivity contribution is 6.25. The van der Waals surface area contributed by atoms with Crippen molar-refractivity contribution in [3.63, 3.8) is 0 Å². The zero-order valence-electron chi connectivity index (χ0n) is 9.58. The van der Waals surface area contributed by atoms with E-state index < -0.39 is 0 Å². The molecule has 0 radical (unpaired) electrons. The number of para-hydroxylation sites is 1. The Morgan fingerprint density at radius 3 is 2.78 bits per heavy atom. The lowest BCUT2D eigenvalue weighted by Crippen LogP contribution is -2.27. The highest BCUT2D eigenvalue weighted by Gasteiger charge is 2.27. The third kappa shape index (κ3) is 1.68. The Labute approximate surface area is 104 Å². The molecule has 18 heavy (non-hydrogen) atoms. The first-order chi connectivity index (χ1) is 8.75. The number of carbonyl (C=O) groups excluding carboxylic acids is 1. The smallest absolute Gasteiger partial charge is 0.260 e. The molecule has 1 aromatic carbocycles. The SMILES string of the molecule is Nc1ccccc1C1=NC(=O)C2C=CC=CC2=N1. The second-order valence-corrected chi connectivity index (χ2v) is 4.12. The maximum Gasteiger partial charge on any atom is 0.260 e. The first-order valence-electron chi connectivity index (χ1n) is 5.66. The first-order valence-corrected chi connectivity index (χ1v) is 5.66. The van der Waals surface area contributed by atoms with Crippen molar-refractivity contribution in [2.24, 2.45) is 15.9 Å². The summed E-state index contributed by atoms with van der Waals surface area (Å²) in [6.45, 7) is 0. The molecule has 1 aromatic rings. The molecule has 0 aromatic heterocycles. The van der Waals surface area contributed by atoms with Crippen molar-refractivity contribution in [2.75, 3.05) is 5.73 Å². The molecule has 1 amide bonds. The van der Waals surface area contributed by atoms with Gasteiger partial charge in [0.25, 0.3) is 5.91 Å². The minimum absolute atomic E-state index is 0.196. The number of amides is 1. The summed E-state index contributed by atoms with van der Waals surface area (Å²) in [6.07, 6.45) is 7.32. The van der Waals surface area contributed by atoms with E-state index in [0.717, 1.165) is 5.71 Å². The van der Waals surface area contributed by atoms with Crippen LogP contribution in [0.4, 0.5) is 5.69 Å². The van der Waals surface area contributed by atoms with E-state index in [2.05, 4.69) is 9.98 Å². The molecular formula is C14H11N3O. The van der Waals surface area contributed by atoms with Gasteiger partial charge in [-0.1, -0.05) is 30.4 Å². The van der Waals surface area contributed by atoms with Gasteiger partial charge >= 0.3 is 0 Å². The fraction of sp³-hybridized carbons (Fsp3) is 0.0714. The number of nitrogens with zero attached hydrogens (tertiary/aromatic N) is 2. The van der Waals surface area contributed by atoms with Gasteiger partial charge in [0.2, 0.25) is 0 Å². The van der Waals surface area contributed by atoms with Gasteiger partial charge in [0, 0.05) is 11.3 Å². The summed E-state index contributed by atoms with van der Waals surface area (Å²) in [6, 6.07) is 7.27. The normalized spacial score (nSPS) is 21.3. The number of aliphatic imine (C=N–C) groups is 2. The van der Waals surface area contributed by atoms with Crippen LogP contribution in [-0.2, 0) is 4.79 Å². The molecule has 0 spiro atoms. The molecule has 4 nitrogen and oxygen atoms in total. The number of carbonyl (C=O) groups is 1. The lowest BCUT2D eigenvalue weighted by atomic mass is 9.96. The predicted molar refractivity (Wildman–Crippen MR) is 71.6 cm³/mol. The third-order valence-corrected chi connectivity index (χ3v) is 2.92. The number of hydrogen-bond acceptors (Lipinski definition) is 3. The lowest BCUT2D eigenvalue weighted by molar-refractivity contribution is -0.118. The average molecular weight is 237 g/mol. The van der Waals surface area contributed by atoms with Crippen molar-refractivity contribution in [3.8, 4) is 0 Å². The summed E-state index contributed by atoms with van der Waals surface area (Å²) in [4.78, 5) is 20.4. The summed E-state index contributed by atoms with van der Waals surface area (Å²) in [5.41, 5.74) is 7.86. The Balaban J connectivity index is 2.08. The van der Waals surface area contributed by atoms with Crippen LogP contribution in [0.1, 0.15) is 5.56 Å². The van der Waals surface area contributed by atoms with Crippen LogP contribution in [0.25, 0.3) is 0 Å². The van der Waals surface area contributed by atoms with Crippen LogP contribution in [0.3, 0.4) is 0 Å². The lowest BCUT2D eigenvalue weighted by Gasteiger charge is -2.18. The van der Waals surface area contributed by atoms with Crippen molar-refractivity contribution in [1.29, 1.82) is 0 Å². The molecular weight excluding hydrogens is 226 g/mol. The van der Waals surface area contributed by atoms with E-state index in [1.54, 1.807) is 12.1 Å². The summed E-state index contributed by atoms with van der Waals surface area (Å²) in [5, 5.41) is 0. The number of nitrogens with two attached hydrogens (primary N) is 1. The summed E-state index contributed by atoms with van der Waals surface area (Å²) < 4.78 is 0. The van der Waals surface area contributed by atoms with Gasteiger partial charge in [0.15, 0.2) is 5.84 Å². The quantitative estimate of drug-likeness (QED) is 0.756. The number of fused-ring (bicyclic) bond motifs is 1. The van der Waals surface area contributed by atoms with Crippen LogP contribution in [0.5, 0.6) is 0 Å². The Morgan fingerprint density at radius 2 is 1.94 bits per heavy atom. The maximum absolute atomic E-state index is 11.9. The number of allylic oxidation sites excluding steroid dienone is 3. The van der Waals surface area contributed by atoms with E-state index in [4.69, 9.17) is 5.73 Å². The molecule has 4 heteroatoms. The number of hydrogen-bond donors (Lipinski definition) is 1. The van der Waals surface area contributed by atoms with E-state index in [1.807, 2.05) is 36.4 Å². The topological polar surface area (TPSA) is 67.8 Å². The van der Waals surface area contributed by atoms with E-state index in [-0.39, 0.29) is 11.8 Å². The van der Waals surface area contributed by atoms with E-state index in [1.165, 1.54) is 0 Å². The van der Waals surface area contributed by atoms with Gasteiger partial charge < -0.3 is 5.73 Å². The fourth-order valence-electron chi connectivity index (χ4n) is 1.99. The second kappa shape index (κ2) is 4.07. The molecule has 1 aliphatic carbocycles. The van der Waals surface area contributed by atoms with Gasteiger partial charge in [-0.3, -0.25) is 4.79 Å². The van der Waals surface area contributed by atoms with Crippen molar-refractivity contribution in [1.82, 2.24) is 0 Å². The Morgan fingerprint density at radius 1 is 1.11 bits per heavy atom. The highest BCUT2D eigenvalue weighted by Crippen LogP contribution is 2.21. The van der Waals surface area contributed by atoms with Crippen LogP contribution in [0.15, 0.2) is 58.6 Å². The number of anilines is 1. The number of benzene rings is 1. The van der Waals surface area contributed by atoms with Crippen LogP contribution >= 0.6 is 0 Å². The molecule has 3 rings (SSSR count). The van der Waals surface area contributed by atoms with Gasteiger partial charge in [-0.15, -0.1) is 0 Å². The number of amidine groups is 1. The highest BCUT2D eigenvalue weighted by atomic mass is 16.1. The number of rotatable bonds is 1. The Hall–Kier alpha value is -2.49. The predicted octanol–water partition coefficient (Wildman–Crippen LogP) is 1.74. The van der Waals surface area contributed by atoms with Gasteiger partial charge in [-0.05, 0) is 18.2 Å². The van der Waals surface area contributed by atoms with Crippen molar-refractivity contribution in [2.45, 2.75) is 0 Å². The second-order valence-electron chi connectivity index (χ2n) is 4.12. The third-order valence-electron chi connectivity index (χ3n) is 2.92. The average Bonchev–Trinajstić information content (AvgIpc) is 2.39. The van der Waals surface area contributed by atoms with Crippen molar-refractivity contribution < 1.29 is 4.79 Å². The summed E-state index contributed by atoms with van der Waals surface area (Å²) in [5.74, 6) is -0.146. The largest absolute Gasteiger partial charge is 0.398 e. The summed E-state index contributed by atoms with van der Waals surface area (Å²) >= 11 is 0. The van der Waals surface area contributed by atoms with Crippen LogP contribution in [-0.4, -0.2) is 17.5 Å².